The average Bonchev–Trinajstić information content (AvgIpc) is 2.74. The molecule has 0 fully saturated rings. The van der Waals surface area contributed by atoms with Crippen LogP contribution in [0.5, 0.6) is 5.75 Å². The van der Waals surface area contributed by atoms with Gasteiger partial charge in [-0.3, -0.25) is 25.0 Å². The summed E-state index contributed by atoms with van der Waals surface area (Å²) >= 11 is 0. The molecule has 3 rings (SSSR count). The van der Waals surface area contributed by atoms with Crippen LogP contribution in [0.2, 0.25) is 0 Å². The number of hydrogen-bond donors (Lipinski definition) is 1. The molecule has 1 aliphatic rings. The first-order valence-electron chi connectivity index (χ1n) is 8.82. The second-order valence-electron chi connectivity index (χ2n) is 6.46. The molecule has 11 nitrogen and oxygen atoms in total. The molecular weight excluding hydrogens is 443 g/mol. The third-order valence-electron chi connectivity index (χ3n) is 4.32. The molecule has 2 aromatic rings. The quantitative estimate of drug-likeness (QED) is 0.375. The van der Waals surface area contributed by atoms with Gasteiger partial charge < -0.3 is 19.5 Å². The maximum absolute atomic E-state index is 12.8. The molecule has 14 heteroatoms. The largest absolute Gasteiger partial charge is 0.467 e. The predicted molar refractivity (Wildman–Crippen MR) is 99.8 cm³/mol. The van der Waals surface area contributed by atoms with Crippen LogP contribution in [0.15, 0.2) is 30.3 Å². The second-order valence-corrected chi connectivity index (χ2v) is 6.46. The summed E-state index contributed by atoms with van der Waals surface area (Å²) in [4.78, 5) is 32.6. The summed E-state index contributed by atoms with van der Waals surface area (Å²) in [6.07, 6.45) is -4.77. The fourth-order valence-corrected chi connectivity index (χ4v) is 2.88. The van der Waals surface area contributed by atoms with Crippen molar-refractivity contribution in [2.24, 2.45) is 0 Å². The van der Waals surface area contributed by atoms with Crippen molar-refractivity contribution in [3.05, 3.63) is 67.3 Å². The van der Waals surface area contributed by atoms with Crippen molar-refractivity contribution in [3.8, 4) is 5.75 Å². The standard InChI is InChI=1S/C18H14F3N3O8/c19-18(20,21)12-1-2-14(15(5-12)24(28)29)22-6-16(25)31-8-11-4-13(23(26)27)3-10-7-30-9-32-17(10)11/h1-5,22H,6-9H2. The van der Waals surface area contributed by atoms with E-state index in [1.54, 1.807) is 0 Å². The highest BCUT2D eigenvalue weighted by atomic mass is 19.4. The van der Waals surface area contributed by atoms with E-state index >= 15 is 0 Å². The third-order valence-corrected chi connectivity index (χ3v) is 4.32. The van der Waals surface area contributed by atoms with E-state index in [0.717, 1.165) is 6.07 Å². The third kappa shape index (κ3) is 5.21. The molecule has 1 heterocycles. The van der Waals surface area contributed by atoms with Gasteiger partial charge in [0.15, 0.2) is 6.79 Å². The van der Waals surface area contributed by atoms with E-state index in [-0.39, 0.29) is 36.1 Å². The van der Waals surface area contributed by atoms with E-state index in [1.807, 2.05) is 0 Å². The summed E-state index contributed by atoms with van der Waals surface area (Å²) in [6.45, 7) is -1.03. The van der Waals surface area contributed by atoms with Crippen LogP contribution in [-0.4, -0.2) is 29.2 Å². The lowest BCUT2D eigenvalue weighted by molar-refractivity contribution is -0.385. The van der Waals surface area contributed by atoms with Gasteiger partial charge in [0.25, 0.3) is 11.4 Å². The molecule has 0 unspecified atom stereocenters. The SMILES string of the molecule is O=C(CNc1ccc(C(F)(F)F)cc1[N+](=O)[O-])OCc1cc([N+](=O)[O-])cc2c1OCOC2. The summed E-state index contributed by atoms with van der Waals surface area (Å²) in [6, 6.07) is 4.26. The minimum Gasteiger partial charge on any atom is -0.467 e. The molecule has 2 aromatic carbocycles. The fourth-order valence-electron chi connectivity index (χ4n) is 2.88. The maximum Gasteiger partial charge on any atom is 0.416 e. The van der Waals surface area contributed by atoms with Gasteiger partial charge in [-0.25, -0.2) is 0 Å². The number of carbonyl (C=O) groups excluding carboxylic acids is 1. The molecule has 1 N–H and O–H groups in total. The molecule has 0 bridgehead atoms. The molecule has 0 radical (unpaired) electrons. The van der Waals surface area contributed by atoms with Crippen molar-refractivity contribution in [3.63, 3.8) is 0 Å². The number of nitro groups is 2. The van der Waals surface area contributed by atoms with Gasteiger partial charge in [-0.2, -0.15) is 13.2 Å². The van der Waals surface area contributed by atoms with Gasteiger partial charge in [0.05, 0.1) is 22.0 Å². The number of fused-ring (bicyclic) bond motifs is 1. The summed E-state index contributed by atoms with van der Waals surface area (Å²) in [5.74, 6) is -0.632. The van der Waals surface area contributed by atoms with Crippen LogP contribution in [0.4, 0.5) is 30.2 Å². The molecule has 0 atom stereocenters. The van der Waals surface area contributed by atoms with Crippen molar-refractivity contribution >= 4 is 23.0 Å². The Morgan fingerprint density at radius 3 is 2.56 bits per heavy atom. The summed E-state index contributed by atoms with van der Waals surface area (Å²) in [7, 11) is 0. The van der Waals surface area contributed by atoms with Crippen LogP contribution >= 0.6 is 0 Å². The van der Waals surface area contributed by atoms with Crippen molar-refractivity contribution < 1.29 is 42.0 Å². The lowest BCUT2D eigenvalue weighted by Gasteiger charge is -2.20. The second kappa shape index (κ2) is 9.05. The molecular formula is C18H14F3N3O8. The first-order chi connectivity index (χ1) is 15.1. The summed E-state index contributed by atoms with van der Waals surface area (Å²) in [5, 5.41) is 24.5. The number of esters is 1. The zero-order valence-electron chi connectivity index (χ0n) is 16.0. The van der Waals surface area contributed by atoms with Gasteiger partial charge in [-0.1, -0.05) is 0 Å². The smallest absolute Gasteiger partial charge is 0.416 e. The van der Waals surface area contributed by atoms with Crippen LogP contribution in [0.1, 0.15) is 16.7 Å². The van der Waals surface area contributed by atoms with E-state index in [0.29, 0.717) is 17.7 Å². The first-order valence-corrected chi connectivity index (χ1v) is 8.82. The molecule has 0 aromatic heterocycles. The number of hydrogen-bond acceptors (Lipinski definition) is 9. The van der Waals surface area contributed by atoms with E-state index in [4.69, 9.17) is 14.2 Å². The average molecular weight is 457 g/mol. The normalized spacial score (nSPS) is 13.0. The highest BCUT2D eigenvalue weighted by molar-refractivity contribution is 5.77. The number of ether oxygens (including phenoxy) is 3. The summed E-state index contributed by atoms with van der Waals surface area (Å²) < 4.78 is 53.7. The molecule has 0 saturated heterocycles. The van der Waals surface area contributed by atoms with E-state index in [1.165, 1.54) is 12.1 Å². The predicted octanol–water partition coefficient (Wildman–Crippen LogP) is 3.54. The van der Waals surface area contributed by atoms with Crippen LogP contribution in [0.3, 0.4) is 0 Å². The number of halogens is 3. The number of nitro benzene ring substituents is 2. The number of alkyl halides is 3. The Bertz CT molecular complexity index is 1070. The minimum absolute atomic E-state index is 0.0666. The lowest BCUT2D eigenvalue weighted by Crippen LogP contribution is -2.19. The van der Waals surface area contributed by atoms with E-state index < -0.39 is 46.4 Å². The number of carbonyl (C=O) groups is 1. The number of benzene rings is 2. The van der Waals surface area contributed by atoms with Gasteiger partial charge in [0, 0.05) is 29.3 Å². The van der Waals surface area contributed by atoms with Crippen molar-refractivity contribution in [1.29, 1.82) is 0 Å². The highest BCUT2D eigenvalue weighted by Gasteiger charge is 2.33. The zero-order valence-corrected chi connectivity index (χ0v) is 16.0. The number of anilines is 1. The van der Waals surface area contributed by atoms with Gasteiger partial charge in [0.1, 0.15) is 24.6 Å². The number of nitrogens with one attached hydrogen (secondary N) is 1. The van der Waals surface area contributed by atoms with Crippen molar-refractivity contribution in [2.75, 3.05) is 18.7 Å². The van der Waals surface area contributed by atoms with Gasteiger partial charge in [-0.05, 0) is 12.1 Å². The zero-order chi connectivity index (χ0) is 23.5. The van der Waals surface area contributed by atoms with Gasteiger partial charge in [-0.15, -0.1) is 0 Å². The van der Waals surface area contributed by atoms with Crippen molar-refractivity contribution in [1.82, 2.24) is 0 Å². The highest BCUT2D eigenvalue weighted by Crippen LogP contribution is 2.35. The Morgan fingerprint density at radius 1 is 1.16 bits per heavy atom. The number of non-ortho nitro benzene ring substituents is 1. The van der Waals surface area contributed by atoms with Crippen LogP contribution < -0.4 is 10.1 Å². The van der Waals surface area contributed by atoms with E-state index in [9.17, 15) is 38.2 Å². The first kappa shape index (κ1) is 22.7. The van der Waals surface area contributed by atoms with Crippen LogP contribution in [0, 0.1) is 20.2 Å². The molecule has 32 heavy (non-hydrogen) atoms. The fraction of sp³-hybridized carbons (Fsp3) is 0.278. The molecule has 0 aliphatic carbocycles. The number of nitrogens with zero attached hydrogens (tertiary/aromatic N) is 2. The number of rotatable bonds is 7. The molecule has 170 valence electrons. The Hall–Kier alpha value is -3.94. The molecule has 0 amide bonds. The van der Waals surface area contributed by atoms with E-state index in [2.05, 4.69) is 5.32 Å². The minimum atomic E-state index is -4.77. The maximum atomic E-state index is 12.8. The molecule has 0 spiro atoms. The Kier molecular flexibility index (Phi) is 6.43. The molecule has 0 saturated carbocycles. The van der Waals surface area contributed by atoms with Crippen molar-refractivity contribution in [2.45, 2.75) is 19.4 Å². The monoisotopic (exact) mass is 457 g/mol. The van der Waals surface area contributed by atoms with Crippen LogP contribution in [-0.2, 0) is 33.7 Å². The lowest BCUT2D eigenvalue weighted by atomic mass is 10.1. The van der Waals surface area contributed by atoms with Gasteiger partial charge in [0.2, 0.25) is 0 Å². The molecule has 1 aliphatic heterocycles. The Labute approximate surface area is 177 Å². The Balaban J connectivity index is 1.68. The topological polar surface area (TPSA) is 143 Å². The Morgan fingerprint density at radius 2 is 1.91 bits per heavy atom. The van der Waals surface area contributed by atoms with Crippen LogP contribution in [0.25, 0.3) is 0 Å². The van der Waals surface area contributed by atoms with Gasteiger partial charge >= 0.3 is 12.1 Å². The summed E-state index contributed by atoms with van der Waals surface area (Å²) in [5.41, 5.74) is -2.04.